The number of benzene rings is 2. The Morgan fingerprint density at radius 3 is 2.35 bits per heavy atom. The summed E-state index contributed by atoms with van der Waals surface area (Å²) in [5.41, 5.74) is 7.71. The summed E-state index contributed by atoms with van der Waals surface area (Å²) < 4.78 is 5.74. The zero-order valence-corrected chi connectivity index (χ0v) is 14.2. The predicted molar refractivity (Wildman–Crippen MR) is 94.7 cm³/mol. The highest BCUT2D eigenvalue weighted by molar-refractivity contribution is 5.85. The highest BCUT2D eigenvalue weighted by Crippen LogP contribution is 2.19. The molecule has 0 spiro atoms. The van der Waals surface area contributed by atoms with Crippen LogP contribution in [0.25, 0.3) is 0 Å². The number of rotatable bonds is 6. The van der Waals surface area contributed by atoms with E-state index in [9.17, 15) is 4.79 Å². The van der Waals surface area contributed by atoms with E-state index >= 15 is 0 Å². The monoisotopic (exact) mass is 334 g/mol. The Labute approximate surface area is 143 Å². The van der Waals surface area contributed by atoms with Crippen LogP contribution in [-0.4, -0.2) is 12.0 Å². The van der Waals surface area contributed by atoms with E-state index in [1.807, 2.05) is 68.4 Å². The SMILES string of the molecule is CC(C)Oc1ccccc1CNC(=O)C(N)c1ccccc1.Cl. The fourth-order valence-corrected chi connectivity index (χ4v) is 2.12. The number of nitrogens with one attached hydrogen (secondary N) is 1. The standard InChI is InChI=1S/C18H22N2O2.ClH/c1-13(2)22-16-11-7-6-10-15(16)12-20-18(21)17(19)14-8-4-3-5-9-14;/h3-11,13,17H,12,19H2,1-2H3,(H,20,21);1H. The Balaban J connectivity index is 0.00000264. The molecule has 2 aromatic carbocycles. The number of amides is 1. The van der Waals surface area contributed by atoms with Crippen molar-refractivity contribution in [3.8, 4) is 5.75 Å². The molecule has 124 valence electrons. The van der Waals surface area contributed by atoms with Gasteiger partial charge < -0.3 is 15.8 Å². The Morgan fingerprint density at radius 2 is 1.70 bits per heavy atom. The molecule has 1 unspecified atom stereocenters. The molecule has 4 nitrogen and oxygen atoms in total. The minimum atomic E-state index is -0.667. The van der Waals surface area contributed by atoms with E-state index in [0.717, 1.165) is 16.9 Å². The zero-order chi connectivity index (χ0) is 15.9. The number of halogens is 1. The lowest BCUT2D eigenvalue weighted by atomic mass is 10.1. The number of hydrogen-bond acceptors (Lipinski definition) is 3. The largest absolute Gasteiger partial charge is 0.491 e. The van der Waals surface area contributed by atoms with E-state index in [-0.39, 0.29) is 24.4 Å². The van der Waals surface area contributed by atoms with Crippen LogP contribution < -0.4 is 15.8 Å². The van der Waals surface area contributed by atoms with Gasteiger partial charge in [0.25, 0.3) is 0 Å². The maximum atomic E-state index is 12.2. The van der Waals surface area contributed by atoms with Crippen molar-refractivity contribution in [1.82, 2.24) is 5.32 Å². The average Bonchev–Trinajstić information content (AvgIpc) is 2.53. The van der Waals surface area contributed by atoms with E-state index in [0.29, 0.717) is 6.54 Å². The number of carbonyl (C=O) groups is 1. The molecular formula is C18H23ClN2O2. The molecule has 5 heteroatoms. The van der Waals surface area contributed by atoms with Gasteiger partial charge in [-0.25, -0.2) is 0 Å². The number of hydrogen-bond donors (Lipinski definition) is 2. The van der Waals surface area contributed by atoms with Crippen molar-refractivity contribution in [3.05, 3.63) is 65.7 Å². The van der Waals surface area contributed by atoms with E-state index in [1.54, 1.807) is 0 Å². The number of carbonyl (C=O) groups excluding carboxylic acids is 1. The van der Waals surface area contributed by atoms with Crippen molar-refractivity contribution in [1.29, 1.82) is 0 Å². The van der Waals surface area contributed by atoms with Gasteiger partial charge in [-0.1, -0.05) is 48.5 Å². The first-order valence-electron chi connectivity index (χ1n) is 7.40. The van der Waals surface area contributed by atoms with Crippen LogP contribution in [0.2, 0.25) is 0 Å². The summed E-state index contributed by atoms with van der Waals surface area (Å²) in [7, 11) is 0. The smallest absolute Gasteiger partial charge is 0.241 e. The van der Waals surface area contributed by atoms with Gasteiger partial charge in [0.15, 0.2) is 0 Å². The van der Waals surface area contributed by atoms with Gasteiger partial charge in [0.05, 0.1) is 6.10 Å². The van der Waals surface area contributed by atoms with Crippen molar-refractivity contribution in [2.24, 2.45) is 5.73 Å². The first-order chi connectivity index (χ1) is 10.6. The molecule has 2 aromatic rings. The summed E-state index contributed by atoms with van der Waals surface area (Å²) in [4.78, 5) is 12.2. The topological polar surface area (TPSA) is 64.3 Å². The maximum absolute atomic E-state index is 12.2. The predicted octanol–water partition coefficient (Wildman–Crippen LogP) is 3.21. The van der Waals surface area contributed by atoms with E-state index in [2.05, 4.69) is 5.32 Å². The molecule has 0 aromatic heterocycles. The van der Waals surface area contributed by atoms with Crippen LogP contribution >= 0.6 is 12.4 Å². The quantitative estimate of drug-likeness (QED) is 0.852. The molecule has 0 heterocycles. The van der Waals surface area contributed by atoms with E-state index < -0.39 is 6.04 Å². The van der Waals surface area contributed by atoms with Gasteiger partial charge in [0.2, 0.25) is 5.91 Å². The second kappa shape index (κ2) is 9.18. The molecule has 0 fully saturated rings. The molecule has 0 aliphatic carbocycles. The third-order valence-electron chi connectivity index (χ3n) is 3.23. The van der Waals surface area contributed by atoms with Gasteiger partial charge in [-0.3, -0.25) is 4.79 Å². The number of nitrogens with two attached hydrogens (primary N) is 1. The molecule has 0 aliphatic rings. The Bertz CT molecular complexity index is 617. The zero-order valence-electron chi connectivity index (χ0n) is 13.4. The molecule has 23 heavy (non-hydrogen) atoms. The van der Waals surface area contributed by atoms with Crippen LogP contribution in [0.1, 0.15) is 31.0 Å². The Hall–Kier alpha value is -2.04. The number of ether oxygens (including phenoxy) is 1. The Morgan fingerprint density at radius 1 is 1.09 bits per heavy atom. The lowest BCUT2D eigenvalue weighted by Crippen LogP contribution is -2.33. The fraction of sp³-hybridized carbons (Fsp3) is 0.278. The van der Waals surface area contributed by atoms with E-state index in [1.165, 1.54) is 0 Å². The molecule has 0 saturated carbocycles. The first-order valence-corrected chi connectivity index (χ1v) is 7.40. The minimum absolute atomic E-state index is 0. The third kappa shape index (κ3) is 5.58. The van der Waals surface area contributed by atoms with Crippen LogP contribution in [0, 0.1) is 0 Å². The minimum Gasteiger partial charge on any atom is -0.491 e. The van der Waals surface area contributed by atoms with Gasteiger partial charge >= 0.3 is 0 Å². The third-order valence-corrected chi connectivity index (χ3v) is 3.23. The summed E-state index contributed by atoms with van der Waals surface area (Å²) in [5, 5.41) is 2.87. The van der Waals surface area contributed by atoms with Crippen molar-refractivity contribution in [2.45, 2.75) is 32.5 Å². The number of para-hydroxylation sites is 1. The van der Waals surface area contributed by atoms with Gasteiger partial charge in [-0.15, -0.1) is 12.4 Å². The van der Waals surface area contributed by atoms with Crippen molar-refractivity contribution >= 4 is 18.3 Å². The van der Waals surface area contributed by atoms with Crippen LogP contribution in [0.3, 0.4) is 0 Å². The lowest BCUT2D eigenvalue weighted by Gasteiger charge is -2.16. The first kappa shape index (κ1) is 19.0. The molecule has 1 amide bonds. The highest BCUT2D eigenvalue weighted by Gasteiger charge is 2.15. The normalized spacial score (nSPS) is 11.5. The fourth-order valence-electron chi connectivity index (χ4n) is 2.12. The van der Waals surface area contributed by atoms with Crippen LogP contribution in [0.4, 0.5) is 0 Å². The lowest BCUT2D eigenvalue weighted by molar-refractivity contribution is -0.122. The molecule has 0 radical (unpaired) electrons. The highest BCUT2D eigenvalue weighted by atomic mass is 35.5. The summed E-state index contributed by atoms with van der Waals surface area (Å²) >= 11 is 0. The van der Waals surface area contributed by atoms with Gasteiger partial charge in [-0.05, 0) is 25.5 Å². The Kier molecular flexibility index (Phi) is 7.59. The molecule has 0 bridgehead atoms. The second-order valence-corrected chi connectivity index (χ2v) is 5.38. The molecule has 0 saturated heterocycles. The van der Waals surface area contributed by atoms with Crippen molar-refractivity contribution in [3.63, 3.8) is 0 Å². The van der Waals surface area contributed by atoms with Crippen molar-refractivity contribution < 1.29 is 9.53 Å². The van der Waals surface area contributed by atoms with Gasteiger partial charge in [-0.2, -0.15) is 0 Å². The summed E-state index contributed by atoms with van der Waals surface area (Å²) in [6.07, 6.45) is 0.0865. The molecule has 2 rings (SSSR count). The van der Waals surface area contributed by atoms with Crippen LogP contribution in [0.5, 0.6) is 5.75 Å². The molecule has 0 aliphatic heterocycles. The van der Waals surface area contributed by atoms with Crippen LogP contribution in [0.15, 0.2) is 54.6 Å². The molecule has 1 atom stereocenters. The van der Waals surface area contributed by atoms with Crippen molar-refractivity contribution in [2.75, 3.05) is 0 Å². The van der Waals surface area contributed by atoms with Crippen LogP contribution in [-0.2, 0) is 11.3 Å². The van der Waals surface area contributed by atoms with Gasteiger partial charge in [0, 0.05) is 12.1 Å². The summed E-state index contributed by atoms with van der Waals surface area (Å²) in [6.45, 7) is 4.34. The van der Waals surface area contributed by atoms with E-state index in [4.69, 9.17) is 10.5 Å². The van der Waals surface area contributed by atoms with Gasteiger partial charge in [0.1, 0.15) is 11.8 Å². The summed E-state index contributed by atoms with van der Waals surface area (Å²) in [5.74, 6) is 0.580. The maximum Gasteiger partial charge on any atom is 0.241 e. The second-order valence-electron chi connectivity index (χ2n) is 5.38. The molecule has 3 N–H and O–H groups in total. The average molecular weight is 335 g/mol. The summed E-state index contributed by atoms with van der Waals surface area (Å²) in [6, 6.07) is 16.3. The molecular weight excluding hydrogens is 312 g/mol.